The number of aromatic nitrogens is 1. The van der Waals surface area contributed by atoms with Crippen molar-refractivity contribution in [1.82, 2.24) is 10.3 Å². The Morgan fingerprint density at radius 1 is 1.28 bits per heavy atom. The summed E-state index contributed by atoms with van der Waals surface area (Å²) in [4.78, 5) is 4.40. The summed E-state index contributed by atoms with van der Waals surface area (Å²) in [6.07, 6.45) is 3.04. The van der Waals surface area contributed by atoms with Gasteiger partial charge in [-0.1, -0.05) is 30.7 Å². The van der Waals surface area contributed by atoms with E-state index in [2.05, 4.69) is 29.4 Å². The molecule has 2 atom stereocenters. The van der Waals surface area contributed by atoms with Crippen LogP contribution in [0.1, 0.15) is 24.8 Å². The van der Waals surface area contributed by atoms with E-state index in [4.69, 9.17) is 11.6 Å². The maximum atomic E-state index is 6.22. The molecule has 0 spiro atoms. The number of nitrogens with zero attached hydrogens (tertiary/aromatic N) is 1. The monoisotopic (exact) mass is 260 g/mol. The van der Waals surface area contributed by atoms with Crippen molar-refractivity contribution in [2.24, 2.45) is 5.92 Å². The molecule has 0 radical (unpaired) electrons. The number of fused-ring (bicyclic) bond motifs is 1. The Kier molecular flexibility index (Phi) is 3.23. The van der Waals surface area contributed by atoms with Crippen LogP contribution in [0.2, 0.25) is 5.02 Å². The van der Waals surface area contributed by atoms with Gasteiger partial charge in [-0.15, -0.1) is 0 Å². The standard InChI is InChI=1S/C15H17ClN2/c1-10-7-11(9-17-8-10)12-4-5-14(16)15-13(12)3-2-6-18-15/h2-6,10-11,17H,7-9H2,1H3/t10-,11?/m1/s1. The highest BCUT2D eigenvalue weighted by molar-refractivity contribution is 6.35. The highest BCUT2D eigenvalue weighted by Gasteiger charge is 2.22. The van der Waals surface area contributed by atoms with E-state index in [1.165, 1.54) is 17.4 Å². The minimum Gasteiger partial charge on any atom is -0.316 e. The van der Waals surface area contributed by atoms with Gasteiger partial charge in [0.2, 0.25) is 0 Å². The highest BCUT2D eigenvalue weighted by atomic mass is 35.5. The van der Waals surface area contributed by atoms with Crippen LogP contribution in [0.25, 0.3) is 10.9 Å². The lowest BCUT2D eigenvalue weighted by atomic mass is 9.85. The molecule has 1 N–H and O–H groups in total. The third-order valence-corrected chi connectivity index (χ3v) is 4.07. The number of hydrogen-bond donors (Lipinski definition) is 1. The van der Waals surface area contributed by atoms with Gasteiger partial charge in [-0.25, -0.2) is 0 Å². The Hall–Kier alpha value is -1.12. The van der Waals surface area contributed by atoms with Crippen LogP contribution < -0.4 is 5.32 Å². The lowest BCUT2D eigenvalue weighted by Gasteiger charge is -2.28. The number of pyridine rings is 1. The molecule has 1 aromatic carbocycles. The van der Waals surface area contributed by atoms with Gasteiger partial charge >= 0.3 is 0 Å². The fourth-order valence-electron chi connectivity index (χ4n) is 2.91. The van der Waals surface area contributed by atoms with Gasteiger partial charge in [-0.2, -0.15) is 0 Å². The summed E-state index contributed by atoms with van der Waals surface area (Å²) in [5, 5.41) is 5.45. The van der Waals surface area contributed by atoms with Gasteiger partial charge in [0.1, 0.15) is 0 Å². The molecule has 94 valence electrons. The summed E-state index contributed by atoms with van der Waals surface area (Å²) in [5.74, 6) is 1.30. The largest absolute Gasteiger partial charge is 0.316 e. The normalized spacial score (nSPS) is 24.3. The van der Waals surface area contributed by atoms with E-state index in [0.29, 0.717) is 5.92 Å². The quantitative estimate of drug-likeness (QED) is 0.847. The molecule has 3 rings (SSSR count). The number of halogens is 1. The molecule has 2 aromatic rings. The van der Waals surface area contributed by atoms with Gasteiger partial charge in [0.15, 0.2) is 0 Å². The average Bonchev–Trinajstić information content (AvgIpc) is 2.39. The first-order valence-electron chi connectivity index (χ1n) is 6.49. The van der Waals surface area contributed by atoms with Crippen molar-refractivity contribution in [3.8, 4) is 0 Å². The molecular formula is C15H17ClN2. The molecule has 1 aliphatic rings. The van der Waals surface area contributed by atoms with Gasteiger partial charge in [-0.05, 0) is 42.5 Å². The van der Waals surface area contributed by atoms with Crippen LogP contribution in [0.5, 0.6) is 0 Å². The molecule has 1 aromatic heterocycles. The molecule has 1 fully saturated rings. The summed E-state index contributed by atoms with van der Waals surface area (Å²) in [5.41, 5.74) is 2.30. The molecule has 1 aliphatic heterocycles. The van der Waals surface area contributed by atoms with Crippen molar-refractivity contribution in [3.05, 3.63) is 41.0 Å². The van der Waals surface area contributed by atoms with Crippen molar-refractivity contribution >= 4 is 22.5 Å². The molecule has 18 heavy (non-hydrogen) atoms. The lowest BCUT2D eigenvalue weighted by molar-refractivity contribution is 0.365. The molecule has 0 aliphatic carbocycles. The van der Waals surface area contributed by atoms with E-state index >= 15 is 0 Å². The number of nitrogens with one attached hydrogen (secondary N) is 1. The second-order valence-electron chi connectivity index (χ2n) is 5.23. The molecule has 1 saturated heterocycles. The van der Waals surface area contributed by atoms with Crippen molar-refractivity contribution in [3.63, 3.8) is 0 Å². The molecule has 3 heteroatoms. The smallest absolute Gasteiger partial charge is 0.0890 e. The number of benzene rings is 1. The third kappa shape index (κ3) is 2.11. The van der Waals surface area contributed by atoms with Crippen molar-refractivity contribution in [1.29, 1.82) is 0 Å². The zero-order chi connectivity index (χ0) is 12.5. The van der Waals surface area contributed by atoms with Gasteiger partial charge in [-0.3, -0.25) is 4.98 Å². The highest BCUT2D eigenvalue weighted by Crippen LogP contribution is 2.33. The minimum atomic E-state index is 0.567. The minimum absolute atomic E-state index is 0.567. The SMILES string of the molecule is C[C@H]1CNCC(c2ccc(Cl)c3ncccc23)C1. The molecule has 2 heterocycles. The van der Waals surface area contributed by atoms with Crippen LogP contribution in [-0.2, 0) is 0 Å². The van der Waals surface area contributed by atoms with E-state index in [1.807, 2.05) is 12.1 Å². The first-order chi connectivity index (χ1) is 8.75. The molecule has 0 amide bonds. The zero-order valence-corrected chi connectivity index (χ0v) is 11.2. The molecular weight excluding hydrogens is 244 g/mol. The van der Waals surface area contributed by atoms with Crippen molar-refractivity contribution < 1.29 is 0 Å². The molecule has 1 unspecified atom stereocenters. The average molecular weight is 261 g/mol. The van der Waals surface area contributed by atoms with Crippen LogP contribution in [-0.4, -0.2) is 18.1 Å². The predicted octanol–water partition coefficient (Wildman–Crippen LogP) is 3.60. The van der Waals surface area contributed by atoms with Gasteiger partial charge in [0.05, 0.1) is 10.5 Å². The first-order valence-corrected chi connectivity index (χ1v) is 6.87. The Morgan fingerprint density at radius 2 is 2.17 bits per heavy atom. The Labute approximate surface area is 112 Å². The third-order valence-electron chi connectivity index (χ3n) is 3.76. The topological polar surface area (TPSA) is 24.9 Å². The Balaban J connectivity index is 2.09. The summed E-state index contributed by atoms with van der Waals surface area (Å²) in [6.45, 7) is 4.48. The number of rotatable bonds is 1. The van der Waals surface area contributed by atoms with E-state index < -0.39 is 0 Å². The summed E-state index contributed by atoms with van der Waals surface area (Å²) in [7, 11) is 0. The zero-order valence-electron chi connectivity index (χ0n) is 10.5. The van der Waals surface area contributed by atoms with Gasteiger partial charge in [0.25, 0.3) is 0 Å². The fraction of sp³-hybridized carbons (Fsp3) is 0.400. The maximum Gasteiger partial charge on any atom is 0.0890 e. The first kappa shape index (κ1) is 11.9. The summed E-state index contributed by atoms with van der Waals surface area (Å²) in [6, 6.07) is 8.26. The molecule has 0 bridgehead atoms. The number of hydrogen-bond acceptors (Lipinski definition) is 2. The Morgan fingerprint density at radius 3 is 3.00 bits per heavy atom. The van der Waals surface area contributed by atoms with E-state index in [0.717, 1.165) is 29.5 Å². The van der Waals surface area contributed by atoms with Gasteiger partial charge < -0.3 is 5.32 Å². The van der Waals surface area contributed by atoms with Crippen LogP contribution in [0.4, 0.5) is 0 Å². The maximum absolute atomic E-state index is 6.22. The van der Waals surface area contributed by atoms with Crippen LogP contribution in [0.3, 0.4) is 0 Å². The molecule has 2 nitrogen and oxygen atoms in total. The predicted molar refractivity (Wildman–Crippen MR) is 76.1 cm³/mol. The second-order valence-corrected chi connectivity index (χ2v) is 5.64. The second kappa shape index (κ2) is 4.87. The number of piperidine rings is 1. The summed E-state index contributed by atoms with van der Waals surface area (Å²) >= 11 is 6.22. The Bertz CT molecular complexity index is 567. The summed E-state index contributed by atoms with van der Waals surface area (Å²) < 4.78 is 0. The van der Waals surface area contributed by atoms with Crippen LogP contribution >= 0.6 is 11.6 Å². The van der Waals surface area contributed by atoms with Gasteiger partial charge in [0, 0.05) is 18.1 Å². The van der Waals surface area contributed by atoms with E-state index in [1.54, 1.807) is 6.20 Å². The van der Waals surface area contributed by atoms with Crippen molar-refractivity contribution in [2.75, 3.05) is 13.1 Å². The van der Waals surface area contributed by atoms with Crippen LogP contribution in [0, 0.1) is 5.92 Å². The lowest BCUT2D eigenvalue weighted by Crippen LogP contribution is -2.33. The van der Waals surface area contributed by atoms with Crippen LogP contribution in [0.15, 0.2) is 30.5 Å². The van der Waals surface area contributed by atoms with E-state index in [9.17, 15) is 0 Å². The molecule has 0 saturated carbocycles. The van der Waals surface area contributed by atoms with Crippen molar-refractivity contribution in [2.45, 2.75) is 19.3 Å². The van der Waals surface area contributed by atoms with E-state index in [-0.39, 0.29) is 0 Å². The fourth-order valence-corrected chi connectivity index (χ4v) is 3.12.